The van der Waals surface area contributed by atoms with Gasteiger partial charge in [-0.1, -0.05) is 48.4 Å². The number of hydrogen-bond acceptors (Lipinski definition) is 5. The summed E-state index contributed by atoms with van der Waals surface area (Å²) in [6.07, 6.45) is 6.91. The monoisotopic (exact) mass is 429 g/mol. The Hall–Kier alpha value is -3.69. The molecule has 0 aliphatic carbocycles. The highest BCUT2D eigenvalue weighted by Gasteiger charge is 2.35. The summed E-state index contributed by atoms with van der Waals surface area (Å²) < 4.78 is 10.8. The molecule has 0 bridgehead atoms. The molecule has 1 saturated heterocycles. The van der Waals surface area contributed by atoms with Crippen LogP contribution in [0.15, 0.2) is 65.6 Å². The molecule has 0 saturated carbocycles. The van der Waals surface area contributed by atoms with E-state index in [1.165, 1.54) is 12.0 Å². The average Bonchev–Trinajstić information content (AvgIpc) is 3.05. The van der Waals surface area contributed by atoms with Crippen LogP contribution in [-0.2, 0) is 11.3 Å². The molecule has 5 nitrogen and oxygen atoms in total. The van der Waals surface area contributed by atoms with Crippen LogP contribution in [0.4, 0.5) is 4.79 Å². The molecule has 0 atom stereocenters. The van der Waals surface area contributed by atoms with E-state index in [2.05, 4.69) is 5.92 Å². The van der Waals surface area contributed by atoms with Crippen molar-refractivity contribution < 1.29 is 19.1 Å². The molecule has 1 heterocycles. The van der Waals surface area contributed by atoms with E-state index in [-0.39, 0.29) is 24.3 Å². The molecule has 3 aromatic rings. The van der Waals surface area contributed by atoms with E-state index in [0.29, 0.717) is 16.4 Å². The summed E-state index contributed by atoms with van der Waals surface area (Å²) in [5.74, 6) is 3.11. The Morgan fingerprint density at radius 1 is 1.03 bits per heavy atom. The lowest BCUT2D eigenvalue weighted by atomic mass is 10.1. The molecule has 1 aliphatic rings. The normalized spacial score (nSPS) is 14.8. The third kappa shape index (κ3) is 4.42. The second-order valence-electron chi connectivity index (χ2n) is 6.85. The van der Waals surface area contributed by atoms with Crippen molar-refractivity contribution in [2.24, 2.45) is 0 Å². The van der Waals surface area contributed by atoms with Gasteiger partial charge in [0.1, 0.15) is 6.61 Å². The zero-order chi connectivity index (χ0) is 21.8. The Labute approximate surface area is 184 Å². The Bertz CT molecular complexity index is 1240. The standard InChI is InChI=1S/C25H19NO4S/c1-3-12-30-21-11-9-17(14-22(21)29-2)15-23-24(27)26(25(28)31-23)16-18-8-10-19-6-4-5-7-20(19)13-18/h1,4-11,13-15H,12,16H2,2H3/b23-15-. The van der Waals surface area contributed by atoms with E-state index in [9.17, 15) is 9.59 Å². The van der Waals surface area contributed by atoms with Crippen LogP contribution in [-0.4, -0.2) is 29.8 Å². The molecule has 154 valence electrons. The van der Waals surface area contributed by atoms with Gasteiger partial charge in [0.25, 0.3) is 11.1 Å². The van der Waals surface area contributed by atoms with Crippen LogP contribution in [0.5, 0.6) is 11.5 Å². The minimum Gasteiger partial charge on any atom is -0.493 e. The summed E-state index contributed by atoms with van der Waals surface area (Å²) in [5, 5.41) is 1.90. The van der Waals surface area contributed by atoms with Gasteiger partial charge in [-0.2, -0.15) is 0 Å². The lowest BCUT2D eigenvalue weighted by molar-refractivity contribution is -0.123. The molecule has 1 aliphatic heterocycles. The molecule has 6 heteroatoms. The van der Waals surface area contributed by atoms with Crippen LogP contribution in [0.3, 0.4) is 0 Å². The maximum Gasteiger partial charge on any atom is 0.293 e. The van der Waals surface area contributed by atoms with Crippen molar-refractivity contribution in [1.82, 2.24) is 4.90 Å². The van der Waals surface area contributed by atoms with E-state index in [4.69, 9.17) is 15.9 Å². The minimum absolute atomic E-state index is 0.128. The number of imide groups is 1. The molecule has 0 spiro atoms. The first-order valence-electron chi connectivity index (χ1n) is 9.56. The summed E-state index contributed by atoms with van der Waals surface area (Å²) in [7, 11) is 1.53. The van der Waals surface area contributed by atoms with Gasteiger partial charge in [0.05, 0.1) is 18.6 Å². The fourth-order valence-corrected chi connectivity index (χ4v) is 4.16. The highest BCUT2D eigenvalue weighted by Crippen LogP contribution is 2.35. The van der Waals surface area contributed by atoms with Crippen LogP contribution >= 0.6 is 11.8 Å². The van der Waals surface area contributed by atoms with Crippen molar-refractivity contribution in [3.05, 3.63) is 76.7 Å². The van der Waals surface area contributed by atoms with Crippen LogP contribution in [0, 0.1) is 12.3 Å². The summed E-state index contributed by atoms with van der Waals surface area (Å²) in [5.41, 5.74) is 1.63. The molecule has 1 fully saturated rings. The Balaban J connectivity index is 1.54. The van der Waals surface area contributed by atoms with Gasteiger partial charge in [0.2, 0.25) is 0 Å². The molecule has 4 rings (SSSR count). The second kappa shape index (κ2) is 8.99. The molecule has 0 unspecified atom stereocenters. The van der Waals surface area contributed by atoms with Crippen LogP contribution in [0.2, 0.25) is 0 Å². The Morgan fingerprint density at radius 3 is 2.61 bits per heavy atom. The highest BCUT2D eigenvalue weighted by molar-refractivity contribution is 8.18. The molecule has 31 heavy (non-hydrogen) atoms. The first-order chi connectivity index (χ1) is 15.1. The number of carbonyl (C=O) groups excluding carboxylic acids is 2. The lowest BCUT2D eigenvalue weighted by Gasteiger charge is -2.13. The Kier molecular flexibility index (Phi) is 5.96. The van der Waals surface area contributed by atoms with Crippen molar-refractivity contribution in [1.29, 1.82) is 0 Å². The van der Waals surface area contributed by atoms with E-state index in [1.807, 2.05) is 42.5 Å². The fourth-order valence-electron chi connectivity index (χ4n) is 3.32. The van der Waals surface area contributed by atoms with Crippen molar-refractivity contribution in [2.45, 2.75) is 6.54 Å². The van der Waals surface area contributed by atoms with Crippen LogP contribution in [0.25, 0.3) is 16.8 Å². The second-order valence-corrected chi connectivity index (χ2v) is 7.85. The van der Waals surface area contributed by atoms with Crippen LogP contribution in [0.1, 0.15) is 11.1 Å². The summed E-state index contributed by atoms with van der Waals surface area (Å²) in [6, 6.07) is 19.2. The van der Waals surface area contributed by atoms with Gasteiger partial charge >= 0.3 is 0 Å². The quantitative estimate of drug-likeness (QED) is 0.403. The third-order valence-electron chi connectivity index (χ3n) is 4.82. The number of fused-ring (bicyclic) bond motifs is 1. The SMILES string of the molecule is C#CCOc1ccc(/C=C2\SC(=O)N(Cc3ccc4ccccc4c3)C2=O)cc1OC. The van der Waals surface area contributed by atoms with Gasteiger partial charge in [0, 0.05) is 0 Å². The fraction of sp³-hybridized carbons (Fsp3) is 0.120. The average molecular weight is 429 g/mol. The number of ether oxygens (including phenoxy) is 2. The van der Waals surface area contributed by atoms with Gasteiger partial charge in [-0.3, -0.25) is 14.5 Å². The van der Waals surface area contributed by atoms with Gasteiger partial charge in [-0.15, -0.1) is 6.42 Å². The van der Waals surface area contributed by atoms with Crippen molar-refractivity contribution >= 4 is 39.8 Å². The zero-order valence-electron chi connectivity index (χ0n) is 16.8. The zero-order valence-corrected chi connectivity index (χ0v) is 17.6. The van der Waals surface area contributed by atoms with Crippen molar-refractivity contribution in [3.63, 3.8) is 0 Å². The third-order valence-corrected chi connectivity index (χ3v) is 5.73. The number of benzene rings is 3. The van der Waals surface area contributed by atoms with Gasteiger partial charge in [-0.05, 0) is 57.9 Å². The lowest BCUT2D eigenvalue weighted by Crippen LogP contribution is -2.27. The molecular weight excluding hydrogens is 410 g/mol. The highest BCUT2D eigenvalue weighted by atomic mass is 32.2. The minimum atomic E-state index is -0.310. The van der Waals surface area contributed by atoms with Crippen LogP contribution < -0.4 is 9.47 Å². The van der Waals surface area contributed by atoms with E-state index in [0.717, 1.165) is 33.7 Å². The van der Waals surface area contributed by atoms with Crippen molar-refractivity contribution in [2.75, 3.05) is 13.7 Å². The predicted octanol–water partition coefficient (Wildman–Crippen LogP) is 5.10. The Morgan fingerprint density at radius 2 is 1.84 bits per heavy atom. The summed E-state index contributed by atoms with van der Waals surface area (Å²) in [4.78, 5) is 27.0. The van der Waals surface area contributed by atoms with Gasteiger partial charge in [0.15, 0.2) is 11.5 Å². The number of hydrogen-bond donors (Lipinski definition) is 0. The first-order valence-corrected chi connectivity index (χ1v) is 10.4. The summed E-state index contributed by atoms with van der Waals surface area (Å²) in [6.45, 7) is 0.360. The molecule has 0 radical (unpaired) electrons. The largest absolute Gasteiger partial charge is 0.493 e. The van der Waals surface area contributed by atoms with Gasteiger partial charge in [-0.25, -0.2) is 0 Å². The topological polar surface area (TPSA) is 55.8 Å². The smallest absolute Gasteiger partial charge is 0.293 e. The molecule has 2 amide bonds. The number of thioether (sulfide) groups is 1. The number of rotatable bonds is 6. The first kappa shape index (κ1) is 20.6. The van der Waals surface area contributed by atoms with E-state index in [1.54, 1.807) is 24.3 Å². The predicted molar refractivity (Wildman–Crippen MR) is 123 cm³/mol. The van der Waals surface area contributed by atoms with E-state index >= 15 is 0 Å². The molecular formula is C25H19NO4S. The number of amides is 2. The number of carbonyl (C=O) groups is 2. The van der Waals surface area contributed by atoms with E-state index < -0.39 is 0 Å². The molecule has 0 N–H and O–H groups in total. The summed E-state index contributed by atoms with van der Waals surface area (Å²) >= 11 is 0.931. The van der Waals surface area contributed by atoms with Crippen molar-refractivity contribution in [3.8, 4) is 23.8 Å². The molecule has 3 aromatic carbocycles. The van der Waals surface area contributed by atoms with Gasteiger partial charge < -0.3 is 9.47 Å². The molecule has 0 aromatic heterocycles. The number of terminal acetylenes is 1. The maximum absolute atomic E-state index is 12.9. The number of nitrogens with zero attached hydrogens (tertiary/aromatic N) is 1. The number of methoxy groups -OCH3 is 1. The maximum atomic E-state index is 12.9.